The Labute approximate surface area is 373 Å². The molecule has 1 spiro atoms. The lowest BCUT2D eigenvalue weighted by molar-refractivity contribution is 0.435. The second kappa shape index (κ2) is 15.2. The molecule has 3 heterocycles. The first-order chi connectivity index (χ1) is 31.7. The van der Waals surface area contributed by atoms with Gasteiger partial charge in [-0.3, -0.25) is 0 Å². The highest BCUT2D eigenvalue weighted by atomic mass is 16.5. The van der Waals surface area contributed by atoms with Crippen LogP contribution in [0.4, 0.5) is 11.4 Å². The van der Waals surface area contributed by atoms with Crippen LogP contribution in [0.15, 0.2) is 249 Å². The molecule has 302 valence electrons. The molecule has 1 atom stereocenters. The number of aromatic nitrogens is 1. The topological polar surface area (TPSA) is 17.4 Å². The number of benzene rings is 9. The molecule has 0 saturated heterocycles. The number of rotatable bonds is 8. The largest absolute Gasteiger partial charge is 0.456 e. The van der Waals surface area contributed by atoms with Gasteiger partial charge in [0.15, 0.2) is 0 Å². The molecule has 0 N–H and O–H groups in total. The number of hydrogen-bond acceptors (Lipinski definition) is 2. The summed E-state index contributed by atoms with van der Waals surface area (Å²) in [5.41, 5.74) is 16.5. The van der Waals surface area contributed by atoms with Crippen LogP contribution in [0.3, 0.4) is 0 Å². The molecule has 1 unspecified atom stereocenters. The third kappa shape index (κ3) is 5.75. The van der Waals surface area contributed by atoms with Crippen LogP contribution < -0.4 is 9.64 Å². The Bertz CT molecular complexity index is 3470. The maximum Gasteiger partial charge on any atom is 0.140 e. The number of hydrogen-bond donors (Lipinski definition) is 0. The predicted molar refractivity (Wildman–Crippen MR) is 266 cm³/mol. The summed E-state index contributed by atoms with van der Waals surface area (Å²) in [6, 6.07) is 78.5. The summed E-state index contributed by atoms with van der Waals surface area (Å²) in [7, 11) is 0. The van der Waals surface area contributed by atoms with Crippen LogP contribution in [0.25, 0.3) is 55.3 Å². The number of fused-ring (bicyclic) bond motifs is 11. The summed E-state index contributed by atoms with van der Waals surface area (Å²) in [5, 5.41) is 2.51. The molecule has 0 amide bonds. The summed E-state index contributed by atoms with van der Waals surface area (Å²) in [6.07, 6.45) is 8.22. The average molecular weight is 819 g/mol. The molecule has 9 aromatic carbocycles. The smallest absolute Gasteiger partial charge is 0.140 e. The van der Waals surface area contributed by atoms with Crippen LogP contribution in [0.1, 0.15) is 27.8 Å². The molecular formula is C61H42N2O. The minimum Gasteiger partial charge on any atom is -0.456 e. The molecule has 0 radical (unpaired) electrons. The van der Waals surface area contributed by atoms with Crippen LogP contribution in [-0.4, -0.2) is 4.57 Å². The molecule has 0 fully saturated rings. The molecule has 0 aliphatic carbocycles. The zero-order valence-corrected chi connectivity index (χ0v) is 35.1. The minimum atomic E-state index is -0.635. The zero-order valence-electron chi connectivity index (χ0n) is 35.1. The van der Waals surface area contributed by atoms with Gasteiger partial charge in [0.1, 0.15) is 11.5 Å². The fourth-order valence-corrected chi connectivity index (χ4v) is 10.3. The van der Waals surface area contributed by atoms with E-state index in [0.29, 0.717) is 0 Å². The van der Waals surface area contributed by atoms with E-state index >= 15 is 0 Å². The van der Waals surface area contributed by atoms with E-state index in [1.165, 1.54) is 49.7 Å². The molecule has 2 aliphatic heterocycles. The Balaban J connectivity index is 1.01. The molecule has 2 aliphatic rings. The number of allylic oxidation sites excluding steroid dienone is 4. The summed E-state index contributed by atoms with van der Waals surface area (Å²) in [6.45, 7) is 4.02. The number of ether oxygens (including phenoxy) is 1. The fourth-order valence-electron chi connectivity index (χ4n) is 10.3. The Morgan fingerprint density at radius 1 is 0.500 bits per heavy atom. The molecule has 3 nitrogen and oxygen atoms in total. The predicted octanol–water partition coefficient (Wildman–Crippen LogP) is 15.8. The van der Waals surface area contributed by atoms with E-state index in [1.807, 2.05) is 12.1 Å². The zero-order chi connectivity index (χ0) is 42.6. The molecule has 12 rings (SSSR count). The lowest BCUT2D eigenvalue weighted by atomic mass is 9.61. The van der Waals surface area contributed by atoms with Crippen molar-refractivity contribution >= 4 is 38.8 Å². The Morgan fingerprint density at radius 3 is 1.88 bits per heavy atom. The number of nitrogens with zero attached hydrogens (tertiary/aromatic N) is 2. The van der Waals surface area contributed by atoms with E-state index in [2.05, 4.69) is 247 Å². The quantitative estimate of drug-likeness (QED) is 0.142. The van der Waals surface area contributed by atoms with Crippen LogP contribution >= 0.6 is 0 Å². The van der Waals surface area contributed by atoms with Crippen molar-refractivity contribution in [1.29, 1.82) is 0 Å². The fraction of sp³-hybridized carbons (Fsp3) is 0.0164. The van der Waals surface area contributed by atoms with Gasteiger partial charge >= 0.3 is 0 Å². The van der Waals surface area contributed by atoms with Crippen LogP contribution in [0.5, 0.6) is 11.5 Å². The van der Waals surface area contributed by atoms with Crippen molar-refractivity contribution in [2.75, 3.05) is 4.90 Å². The van der Waals surface area contributed by atoms with Crippen molar-refractivity contribution in [1.82, 2.24) is 4.57 Å². The van der Waals surface area contributed by atoms with Gasteiger partial charge in [-0.05, 0) is 87.5 Å². The summed E-state index contributed by atoms with van der Waals surface area (Å²) < 4.78 is 9.61. The van der Waals surface area contributed by atoms with Crippen LogP contribution in [0.2, 0.25) is 0 Å². The molecule has 64 heavy (non-hydrogen) atoms. The van der Waals surface area contributed by atoms with E-state index in [0.717, 1.165) is 56.3 Å². The van der Waals surface area contributed by atoms with Gasteiger partial charge in [-0.1, -0.05) is 195 Å². The maximum absolute atomic E-state index is 7.13. The lowest BCUT2D eigenvalue weighted by Gasteiger charge is -2.45. The van der Waals surface area contributed by atoms with Gasteiger partial charge < -0.3 is 14.2 Å². The average Bonchev–Trinajstić information content (AvgIpc) is 3.71. The molecule has 3 heteroatoms. The number of para-hydroxylation sites is 5. The Hall–Kier alpha value is -8.40. The number of anilines is 2. The molecular weight excluding hydrogens is 777 g/mol. The van der Waals surface area contributed by atoms with E-state index in [4.69, 9.17) is 4.74 Å². The standard InChI is InChI=1S/C61H42N2O/c1-2-17-42(43-18-5-3-6-19-43)40-41-62(47-36-32-45(33-37-47)44-20-7-4-8-21-44)48-38-34-46(35-39-48)49-23-15-28-55-60(49)64-58-31-14-11-26-53(58)61(55)52-25-10-13-30-57(52)63-56-29-12-9-22-50(56)51-24-16-27-54(61)59(51)63/h2-41H,1H2/b41-40-,42-17+. The van der Waals surface area contributed by atoms with Crippen molar-refractivity contribution in [2.24, 2.45) is 0 Å². The van der Waals surface area contributed by atoms with Crippen LogP contribution in [-0.2, 0) is 5.41 Å². The second-order valence-electron chi connectivity index (χ2n) is 16.5. The Morgan fingerprint density at radius 2 is 1.09 bits per heavy atom. The van der Waals surface area contributed by atoms with Gasteiger partial charge in [0.05, 0.1) is 22.1 Å². The third-order valence-corrected chi connectivity index (χ3v) is 13.1. The molecule has 0 saturated carbocycles. The minimum absolute atomic E-state index is 0.635. The second-order valence-corrected chi connectivity index (χ2v) is 16.5. The normalized spacial score (nSPS) is 14.8. The summed E-state index contributed by atoms with van der Waals surface area (Å²) >= 11 is 0. The SMILES string of the molecule is C=C/C=C(\C=C/N(c1ccc(-c2ccccc2)cc1)c1ccc(-c2cccc3c2Oc2ccccc2C32c3ccccc3-n3c4ccccc4c4cccc2c43)cc1)c1ccccc1. The lowest BCUT2D eigenvalue weighted by Crippen LogP contribution is -2.37. The van der Waals surface area contributed by atoms with Gasteiger partial charge in [-0.15, -0.1) is 0 Å². The van der Waals surface area contributed by atoms with E-state index < -0.39 is 5.41 Å². The first kappa shape index (κ1) is 37.4. The molecule has 0 bridgehead atoms. The van der Waals surface area contributed by atoms with Gasteiger partial charge in [-0.2, -0.15) is 0 Å². The third-order valence-electron chi connectivity index (χ3n) is 13.1. The van der Waals surface area contributed by atoms with Crippen LogP contribution in [0, 0.1) is 0 Å². The van der Waals surface area contributed by atoms with Gasteiger partial charge in [-0.25, -0.2) is 0 Å². The Kier molecular flexibility index (Phi) is 8.87. The van der Waals surface area contributed by atoms with Gasteiger partial charge in [0.25, 0.3) is 0 Å². The van der Waals surface area contributed by atoms with Crippen molar-refractivity contribution in [3.63, 3.8) is 0 Å². The molecule has 1 aromatic heterocycles. The van der Waals surface area contributed by atoms with Gasteiger partial charge in [0.2, 0.25) is 0 Å². The van der Waals surface area contributed by atoms with Gasteiger partial charge in [0, 0.05) is 45.0 Å². The van der Waals surface area contributed by atoms with E-state index in [1.54, 1.807) is 0 Å². The summed E-state index contributed by atoms with van der Waals surface area (Å²) in [5.74, 6) is 1.74. The molecule has 10 aromatic rings. The highest BCUT2D eigenvalue weighted by molar-refractivity contribution is 6.12. The summed E-state index contributed by atoms with van der Waals surface area (Å²) in [4.78, 5) is 2.25. The van der Waals surface area contributed by atoms with Crippen molar-refractivity contribution in [3.05, 3.63) is 277 Å². The highest BCUT2D eigenvalue weighted by Gasteiger charge is 2.50. The highest BCUT2D eigenvalue weighted by Crippen LogP contribution is 2.61. The van der Waals surface area contributed by atoms with Crippen molar-refractivity contribution < 1.29 is 4.74 Å². The van der Waals surface area contributed by atoms with Crippen molar-refractivity contribution in [2.45, 2.75) is 5.41 Å². The van der Waals surface area contributed by atoms with E-state index in [-0.39, 0.29) is 0 Å². The maximum atomic E-state index is 7.13. The monoisotopic (exact) mass is 818 g/mol. The first-order valence-electron chi connectivity index (χ1n) is 21.9. The first-order valence-corrected chi connectivity index (χ1v) is 21.9. The van der Waals surface area contributed by atoms with E-state index in [9.17, 15) is 0 Å². The van der Waals surface area contributed by atoms with Crippen molar-refractivity contribution in [3.8, 4) is 39.4 Å².